The molecule has 1 aromatic rings. The minimum atomic E-state index is -0.289. The predicted molar refractivity (Wildman–Crippen MR) is 64.5 cm³/mol. The van der Waals surface area contributed by atoms with Crippen molar-refractivity contribution in [3.05, 3.63) is 29.6 Å². The largest absolute Gasteiger partial charge is 0.460 e. The molecule has 0 spiro atoms. The highest BCUT2D eigenvalue weighted by Crippen LogP contribution is 2.16. The highest BCUT2D eigenvalue weighted by molar-refractivity contribution is 5.72. The molecule has 0 bridgehead atoms. The van der Waals surface area contributed by atoms with Gasteiger partial charge in [-0.3, -0.25) is 10.2 Å². The first-order chi connectivity index (χ1) is 8.15. The summed E-state index contributed by atoms with van der Waals surface area (Å²) in [5.74, 6) is -0.569. The van der Waals surface area contributed by atoms with Crippen LogP contribution in [0.3, 0.4) is 0 Å². The van der Waals surface area contributed by atoms with E-state index in [1.165, 1.54) is 12.3 Å². The standard InChI is InChI=1S/C12H15FN2O2/c1-3-12(16)17-8-7-14-15-11-6-4-5-10(13)9(11)2/h4-7,15H,3,8H2,1-2H3. The maximum atomic E-state index is 13.1. The molecule has 0 unspecified atom stereocenters. The number of ether oxygens (including phenoxy) is 1. The molecule has 4 nitrogen and oxygen atoms in total. The van der Waals surface area contributed by atoms with E-state index < -0.39 is 0 Å². The summed E-state index contributed by atoms with van der Waals surface area (Å²) in [5, 5.41) is 3.83. The van der Waals surface area contributed by atoms with Crippen LogP contribution in [0.5, 0.6) is 0 Å². The quantitative estimate of drug-likeness (QED) is 0.487. The molecule has 1 rings (SSSR count). The number of carbonyl (C=O) groups excluding carboxylic acids is 1. The molecule has 0 heterocycles. The van der Waals surface area contributed by atoms with Gasteiger partial charge in [-0.2, -0.15) is 5.10 Å². The number of hydrogen-bond donors (Lipinski definition) is 1. The fraction of sp³-hybridized carbons (Fsp3) is 0.333. The Morgan fingerprint density at radius 2 is 2.35 bits per heavy atom. The van der Waals surface area contributed by atoms with Gasteiger partial charge < -0.3 is 4.74 Å². The zero-order chi connectivity index (χ0) is 12.7. The van der Waals surface area contributed by atoms with Gasteiger partial charge in [-0.1, -0.05) is 13.0 Å². The summed E-state index contributed by atoms with van der Waals surface area (Å²) in [6.45, 7) is 3.48. The Kier molecular flexibility index (Phi) is 5.13. The number of benzene rings is 1. The molecule has 0 fully saturated rings. The van der Waals surface area contributed by atoms with E-state index in [9.17, 15) is 9.18 Å². The average Bonchev–Trinajstić information content (AvgIpc) is 2.33. The molecule has 0 saturated carbocycles. The third-order valence-corrected chi connectivity index (χ3v) is 2.15. The van der Waals surface area contributed by atoms with Gasteiger partial charge in [0.25, 0.3) is 0 Å². The van der Waals surface area contributed by atoms with Gasteiger partial charge in [0.15, 0.2) is 0 Å². The van der Waals surface area contributed by atoms with Crippen molar-refractivity contribution in [2.45, 2.75) is 20.3 Å². The molecule has 0 aliphatic heterocycles. The third kappa shape index (κ3) is 4.22. The summed E-state index contributed by atoms with van der Waals surface area (Å²) in [6, 6.07) is 4.69. The molecule has 17 heavy (non-hydrogen) atoms. The molecular weight excluding hydrogens is 223 g/mol. The Hall–Kier alpha value is -1.91. The summed E-state index contributed by atoms with van der Waals surface area (Å²) < 4.78 is 17.9. The van der Waals surface area contributed by atoms with Gasteiger partial charge in [0.1, 0.15) is 12.4 Å². The fourth-order valence-electron chi connectivity index (χ4n) is 1.11. The Morgan fingerprint density at radius 3 is 3.06 bits per heavy atom. The Balaban J connectivity index is 2.42. The molecule has 92 valence electrons. The van der Waals surface area contributed by atoms with Crippen LogP contribution in [-0.2, 0) is 9.53 Å². The second-order valence-electron chi connectivity index (χ2n) is 3.37. The van der Waals surface area contributed by atoms with E-state index in [-0.39, 0.29) is 18.4 Å². The van der Waals surface area contributed by atoms with Crippen LogP contribution < -0.4 is 5.43 Å². The van der Waals surface area contributed by atoms with Crippen molar-refractivity contribution in [1.82, 2.24) is 0 Å². The van der Waals surface area contributed by atoms with Crippen molar-refractivity contribution in [1.29, 1.82) is 0 Å². The number of hydrazone groups is 1. The zero-order valence-corrected chi connectivity index (χ0v) is 9.87. The lowest BCUT2D eigenvalue weighted by atomic mass is 10.2. The maximum Gasteiger partial charge on any atom is 0.305 e. The van der Waals surface area contributed by atoms with Crippen LogP contribution in [-0.4, -0.2) is 18.8 Å². The number of nitrogens with zero attached hydrogens (tertiary/aromatic N) is 1. The van der Waals surface area contributed by atoms with Gasteiger partial charge in [0, 0.05) is 12.0 Å². The van der Waals surface area contributed by atoms with E-state index in [4.69, 9.17) is 4.74 Å². The molecule has 0 aromatic heterocycles. The van der Waals surface area contributed by atoms with Gasteiger partial charge in [0.05, 0.1) is 11.9 Å². The van der Waals surface area contributed by atoms with Gasteiger partial charge >= 0.3 is 5.97 Å². The minimum Gasteiger partial charge on any atom is -0.460 e. The van der Waals surface area contributed by atoms with Crippen molar-refractivity contribution in [2.75, 3.05) is 12.0 Å². The van der Waals surface area contributed by atoms with Gasteiger partial charge in [-0.15, -0.1) is 0 Å². The molecule has 0 radical (unpaired) electrons. The van der Waals surface area contributed by atoms with Crippen LogP contribution in [0, 0.1) is 12.7 Å². The first-order valence-electron chi connectivity index (χ1n) is 5.33. The first kappa shape index (κ1) is 13.2. The lowest BCUT2D eigenvalue weighted by molar-refractivity contribution is -0.141. The van der Waals surface area contributed by atoms with Crippen LogP contribution in [0.15, 0.2) is 23.3 Å². The van der Waals surface area contributed by atoms with Crippen molar-refractivity contribution in [3.63, 3.8) is 0 Å². The highest BCUT2D eigenvalue weighted by Gasteiger charge is 2.01. The smallest absolute Gasteiger partial charge is 0.305 e. The normalized spacial score (nSPS) is 10.5. The van der Waals surface area contributed by atoms with Crippen molar-refractivity contribution in [3.8, 4) is 0 Å². The highest BCUT2D eigenvalue weighted by atomic mass is 19.1. The SMILES string of the molecule is CCC(=O)OCC=NNc1cccc(F)c1C. The lowest BCUT2D eigenvalue weighted by Crippen LogP contribution is -2.05. The zero-order valence-electron chi connectivity index (χ0n) is 9.87. The minimum absolute atomic E-state index is 0.105. The number of rotatable bonds is 5. The van der Waals surface area contributed by atoms with E-state index in [1.54, 1.807) is 26.0 Å². The van der Waals surface area contributed by atoms with Crippen LogP contribution >= 0.6 is 0 Å². The summed E-state index contributed by atoms with van der Waals surface area (Å²) in [7, 11) is 0. The van der Waals surface area contributed by atoms with E-state index >= 15 is 0 Å². The molecule has 0 aliphatic carbocycles. The van der Waals surface area contributed by atoms with Crippen LogP contribution in [0.1, 0.15) is 18.9 Å². The van der Waals surface area contributed by atoms with E-state index in [0.29, 0.717) is 17.7 Å². The van der Waals surface area contributed by atoms with Gasteiger partial charge in [-0.25, -0.2) is 4.39 Å². The fourth-order valence-corrected chi connectivity index (χ4v) is 1.11. The molecule has 0 saturated heterocycles. The molecule has 1 N–H and O–H groups in total. The van der Waals surface area contributed by atoms with Crippen molar-refractivity contribution >= 4 is 17.9 Å². The number of esters is 1. The van der Waals surface area contributed by atoms with Gasteiger partial charge in [-0.05, 0) is 19.1 Å². The summed E-state index contributed by atoms with van der Waals surface area (Å²) in [5.41, 5.74) is 3.77. The molecule has 1 aromatic carbocycles. The average molecular weight is 238 g/mol. The van der Waals surface area contributed by atoms with Crippen molar-refractivity contribution < 1.29 is 13.9 Å². The second-order valence-corrected chi connectivity index (χ2v) is 3.37. The Labute approximate surface area is 99.5 Å². The molecular formula is C12H15FN2O2. The maximum absolute atomic E-state index is 13.1. The molecule has 0 aliphatic rings. The van der Waals surface area contributed by atoms with Crippen LogP contribution in [0.2, 0.25) is 0 Å². The number of anilines is 1. The summed E-state index contributed by atoms with van der Waals surface area (Å²) >= 11 is 0. The predicted octanol–water partition coefficient (Wildman–Crippen LogP) is 2.49. The Morgan fingerprint density at radius 1 is 1.59 bits per heavy atom. The summed E-state index contributed by atoms with van der Waals surface area (Å²) in [6.07, 6.45) is 1.75. The second kappa shape index (κ2) is 6.62. The number of carbonyl (C=O) groups is 1. The Bertz CT molecular complexity index is 419. The number of nitrogens with one attached hydrogen (secondary N) is 1. The van der Waals surface area contributed by atoms with Crippen molar-refractivity contribution in [2.24, 2.45) is 5.10 Å². The van der Waals surface area contributed by atoms with E-state index in [2.05, 4.69) is 10.5 Å². The monoisotopic (exact) mass is 238 g/mol. The van der Waals surface area contributed by atoms with Crippen LogP contribution in [0.25, 0.3) is 0 Å². The number of halogens is 1. The van der Waals surface area contributed by atoms with E-state index in [1.807, 2.05) is 0 Å². The molecule has 0 atom stereocenters. The van der Waals surface area contributed by atoms with E-state index in [0.717, 1.165) is 0 Å². The lowest BCUT2D eigenvalue weighted by Gasteiger charge is -2.04. The molecule has 5 heteroatoms. The first-order valence-corrected chi connectivity index (χ1v) is 5.33. The third-order valence-electron chi connectivity index (χ3n) is 2.15. The summed E-state index contributed by atoms with van der Waals surface area (Å²) in [4.78, 5) is 10.8. The number of hydrogen-bond acceptors (Lipinski definition) is 4. The molecule has 0 amide bonds. The topological polar surface area (TPSA) is 50.7 Å². The van der Waals surface area contributed by atoms with Crippen LogP contribution in [0.4, 0.5) is 10.1 Å². The van der Waals surface area contributed by atoms with Gasteiger partial charge in [0.2, 0.25) is 0 Å².